The lowest BCUT2D eigenvalue weighted by Crippen LogP contribution is -1.94. The second-order valence-electron chi connectivity index (χ2n) is 0.500. The average molecular weight is 91.0 g/mol. The Balaban J connectivity index is 2.83. The zero-order valence-electron chi connectivity index (χ0n) is 3.13. The van der Waals surface area contributed by atoms with E-state index in [4.69, 9.17) is 9.90 Å². The maximum absolute atomic E-state index is 9.14. The van der Waals surface area contributed by atoms with Crippen LogP contribution in [-0.2, 0) is 14.9 Å². The van der Waals surface area contributed by atoms with Crippen LogP contribution in [0.5, 0.6) is 0 Å². The van der Waals surface area contributed by atoms with Gasteiger partial charge in [-0.2, -0.15) is 14.8 Å². The van der Waals surface area contributed by atoms with Gasteiger partial charge >= 0.3 is 6.16 Å². The molecule has 4 heteroatoms. The van der Waals surface area contributed by atoms with Crippen molar-refractivity contribution in [3.63, 3.8) is 0 Å². The first kappa shape index (κ1) is 5.23. The number of carbonyl (C=O) groups is 1. The minimum absolute atomic E-state index is 1.08. The summed E-state index contributed by atoms with van der Waals surface area (Å²) in [6.45, 7) is 0. The SMILES string of the molecule is COOC([O])=O. The van der Waals surface area contributed by atoms with Gasteiger partial charge in [-0.15, -0.1) is 0 Å². The second-order valence-corrected chi connectivity index (χ2v) is 0.500. The molecule has 0 aromatic heterocycles. The summed E-state index contributed by atoms with van der Waals surface area (Å²) in [6.07, 6.45) is -1.68. The molecule has 0 aromatic rings. The Kier molecular flexibility index (Phi) is 2.15. The van der Waals surface area contributed by atoms with Gasteiger partial charge in [-0.05, 0) is 0 Å². The molecule has 0 atom stereocenters. The smallest absolute Gasteiger partial charge is 0.257 e. The highest BCUT2D eigenvalue weighted by Gasteiger charge is 1.93. The Bertz CT molecular complexity index is 49.5. The average Bonchev–Trinajstić information content (AvgIpc) is 1.35. The van der Waals surface area contributed by atoms with Crippen molar-refractivity contribution in [2.24, 2.45) is 0 Å². The van der Waals surface area contributed by atoms with Crippen molar-refractivity contribution in [2.75, 3.05) is 7.11 Å². The molecule has 0 amide bonds. The Morgan fingerprint density at radius 1 is 1.67 bits per heavy atom. The molecule has 0 heterocycles. The third kappa shape index (κ3) is 3.23. The van der Waals surface area contributed by atoms with Gasteiger partial charge in [0.05, 0.1) is 7.11 Å². The standard InChI is InChI=1S/C2H3O4/c1-5-6-2(3)4/h1H3. The van der Waals surface area contributed by atoms with Crippen molar-refractivity contribution in [1.82, 2.24) is 0 Å². The summed E-state index contributed by atoms with van der Waals surface area (Å²) < 4.78 is 0. The van der Waals surface area contributed by atoms with Crippen molar-refractivity contribution >= 4 is 6.16 Å². The second kappa shape index (κ2) is 2.47. The van der Waals surface area contributed by atoms with Crippen LogP contribution in [0, 0.1) is 0 Å². The van der Waals surface area contributed by atoms with Crippen molar-refractivity contribution < 1.29 is 19.7 Å². The van der Waals surface area contributed by atoms with Crippen molar-refractivity contribution in [2.45, 2.75) is 0 Å². The van der Waals surface area contributed by atoms with Gasteiger partial charge < -0.3 is 0 Å². The van der Waals surface area contributed by atoms with Crippen LogP contribution in [0.3, 0.4) is 0 Å². The number of carbonyl (C=O) groups excluding carboxylic acids is 1. The monoisotopic (exact) mass is 91.0 g/mol. The summed E-state index contributed by atoms with van der Waals surface area (Å²) in [5.41, 5.74) is 0. The van der Waals surface area contributed by atoms with Crippen molar-refractivity contribution in [3.8, 4) is 0 Å². The molecule has 35 valence electrons. The van der Waals surface area contributed by atoms with Crippen LogP contribution in [0.4, 0.5) is 4.79 Å². The molecule has 0 spiro atoms. The molecule has 6 heavy (non-hydrogen) atoms. The summed E-state index contributed by atoms with van der Waals surface area (Å²) in [5.74, 6) is 0. The topological polar surface area (TPSA) is 55.4 Å². The fraction of sp³-hybridized carbons (Fsp3) is 0.500. The lowest BCUT2D eigenvalue weighted by molar-refractivity contribution is -0.231. The molecule has 0 aromatic carbocycles. The first-order valence-corrected chi connectivity index (χ1v) is 1.19. The van der Waals surface area contributed by atoms with Gasteiger partial charge in [-0.25, -0.2) is 0 Å². The van der Waals surface area contributed by atoms with Crippen molar-refractivity contribution in [3.05, 3.63) is 0 Å². The molecule has 1 radical (unpaired) electrons. The van der Waals surface area contributed by atoms with Gasteiger partial charge in [0.15, 0.2) is 0 Å². The Morgan fingerprint density at radius 3 is 2.17 bits per heavy atom. The highest BCUT2D eigenvalue weighted by molar-refractivity contribution is 5.55. The molecule has 0 unspecified atom stereocenters. The number of hydrogen-bond donors (Lipinski definition) is 0. The quantitative estimate of drug-likeness (QED) is 0.340. The zero-order chi connectivity index (χ0) is 4.99. The van der Waals surface area contributed by atoms with E-state index in [-0.39, 0.29) is 0 Å². The van der Waals surface area contributed by atoms with E-state index >= 15 is 0 Å². The third-order valence-electron chi connectivity index (χ3n) is 0.151. The predicted molar refractivity (Wildman–Crippen MR) is 14.2 cm³/mol. The maximum Gasteiger partial charge on any atom is 0.582 e. The summed E-state index contributed by atoms with van der Waals surface area (Å²) in [7, 11) is 1.08. The predicted octanol–water partition coefficient (Wildman–Crippen LogP) is 0.115. The fourth-order valence-electron chi connectivity index (χ4n) is 0.0680. The number of hydrogen-bond acceptors (Lipinski definition) is 3. The van der Waals surface area contributed by atoms with Crippen molar-refractivity contribution in [1.29, 1.82) is 0 Å². The normalized spacial score (nSPS) is 7.50. The molecule has 0 aliphatic carbocycles. The molecule has 4 nitrogen and oxygen atoms in total. The lowest BCUT2D eigenvalue weighted by Gasteiger charge is -1.82. The molecule has 0 saturated heterocycles. The van der Waals surface area contributed by atoms with Gasteiger partial charge in [0.2, 0.25) is 0 Å². The van der Waals surface area contributed by atoms with Crippen LogP contribution in [0.1, 0.15) is 0 Å². The largest absolute Gasteiger partial charge is 0.582 e. The summed E-state index contributed by atoms with van der Waals surface area (Å²) >= 11 is 0. The third-order valence-corrected chi connectivity index (χ3v) is 0.151. The highest BCUT2D eigenvalue weighted by atomic mass is 17.2. The highest BCUT2D eigenvalue weighted by Crippen LogP contribution is 1.71. The summed E-state index contributed by atoms with van der Waals surface area (Å²) in [4.78, 5) is 16.1. The van der Waals surface area contributed by atoms with E-state index in [1.54, 1.807) is 0 Å². The first-order chi connectivity index (χ1) is 2.77. The molecular weight excluding hydrogens is 88.0 g/mol. The van der Waals surface area contributed by atoms with Gasteiger partial charge in [0, 0.05) is 0 Å². The van der Waals surface area contributed by atoms with Crippen LogP contribution in [0.15, 0.2) is 0 Å². The molecule has 0 fully saturated rings. The van der Waals surface area contributed by atoms with E-state index in [1.165, 1.54) is 0 Å². The lowest BCUT2D eigenvalue weighted by atomic mass is 11.4. The summed E-state index contributed by atoms with van der Waals surface area (Å²) in [6, 6.07) is 0. The van der Waals surface area contributed by atoms with Gasteiger partial charge in [0.25, 0.3) is 0 Å². The number of rotatable bonds is 1. The van der Waals surface area contributed by atoms with Crippen LogP contribution in [0.25, 0.3) is 0 Å². The van der Waals surface area contributed by atoms with Crippen LogP contribution < -0.4 is 0 Å². The maximum atomic E-state index is 9.14. The van der Waals surface area contributed by atoms with Gasteiger partial charge in [-0.1, -0.05) is 0 Å². The zero-order valence-corrected chi connectivity index (χ0v) is 3.13. The molecule has 0 bridgehead atoms. The van der Waals surface area contributed by atoms with Crippen LogP contribution in [0.2, 0.25) is 0 Å². The first-order valence-electron chi connectivity index (χ1n) is 1.19. The van der Waals surface area contributed by atoms with Crippen LogP contribution >= 0.6 is 0 Å². The van der Waals surface area contributed by atoms with Gasteiger partial charge in [0.1, 0.15) is 0 Å². The van der Waals surface area contributed by atoms with Crippen LogP contribution in [-0.4, -0.2) is 13.3 Å². The van der Waals surface area contributed by atoms with Gasteiger partial charge in [-0.3, -0.25) is 4.89 Å². The van der Waals surface area contributed by atoms with E-state index < -0.39 is 6.16 Å². The molecular formula is C2H3O4. The summed E-state index contributed by atoms with van der Waals surface area (Å²) in [5, 5.41) is 9.14. The van der Waals surface area contributed by atoms with E-state index in [1.807, 2.05) is 0 Å². The van der Waals surface area contributed by atoms with E-state index in [2.05, 4.69) is 9.78 Å². The minimum atomic E-state index is -1.68. The minimum Gasteiger partial charge on any atom is -0.257 e. The van der Waals surface area contributed by atoms with E-state index in [0.717, 1.165) is 7.11 Å². The molecule has 0 N–H and O–H groups in total. The van der Waals surface area contributed by atoms with E-state index in [9.17, 15) is 0 Å². The Labute approximate surface area is 34.2 Å². The molecule has 0 aliphatic rings. The fourth-order valence-corrected chi connectivity index (χ4v) is 0.0680. The molecule has 0 rings (SSSR count). The molecule has 0 aliphatic heterocycles. The molecule has 0 saturated carbocycles. The Morgan fingerprint density at radius 2 is 2.17 bits per heavy atom. The Hall–Kier alpha value is -0.770. The van der Waals surface area contributed by atoms with E-state index in [0.29, 0.717) is 0 Å².